The highest BCUT2D eigenvalue weighted by Gasteiger charge is 2.40. The van der Waals surface area contributed by atoms with Gasteiger partial charge in [-0.25, -0.2) is 4.79 Å². The third kappa shape index (κ3) is 4.09. The Hall–Kier alpha value is -2.29. The molecule has 3 heterocycles. The van der Waals surface area contributed by atoms with Crippen molar-refractivity contribution < 1.29 is 32.2 Å². The largest absolute Gasteiger partial charge is 0.573 e. The number of amides is 2. The Balaban J connectivity index is 1.32. The van der Waals surface area contributed by atoms with Crippen LogP contribution in [-0.4, -0.2) is 66.9 Å². The standard InChI is InChI=1S/C19H21F3N2O4/c20-19(21,22)28-16-3-1-2-12(7-16)14-9-24(10-14)18(26)23-5-4-17-13(8-23)6-15(25)11-27-17/h1-3,7,13-14,17H,4-6,8-11H2/t13-,17+/m1/s1. The number of carbonyl (C=O) groups is 2. The lowest BCUT2D eigenvalue weighted by Gasteiger charge is -2.46. The van der Waals surface area contributed by atoms with Crippen LogP contribution in [0.3, 0.4) is 0 Å². The van der Waals surface area contributed by atoms with Crippen molar-refractivity contribution in [3.8, 4) is 5.75 Å². The van der Waals surface area contributed by atoms with E-state index < -0.39 is 6.36 Å². The van der Waals surface area contributed by atoms with Gasteiger partial charge in [-0.15, -0.1) is 13.2 Å². The maximum absolute atomic E-state index is 12.7. The van der Waals surface area contributed by atoms with Gasteiger partial charge >= 0.3 is 12.4 Å². The second kappa shape index (κ2) is 7.27. The SMILES string of the molecule is O=C1CO[C@H]2CCN(C(=O)N3CC(c4cccc(OC(F)(F)F)c4)C3)C[C@H]2C1. The number of benzene rings is 1. The number of ketones is 1. The number of alkyl halides is 3. The summed E-state index contributed by atoms with van der Waals surface area (Å²) in [5, 5.41) is 0. The number of halogens is 3. The predicted molar refractivity (Wildman–Crippen MR) is 91.9 cm³/mol. The number of ether oxygens (including phenoxy) is 2. The van der Waals surface area contributed by atoms with E-state index in [4.69, 9.17) is 4.74 Å². The van der Waals surface area contributed by atoms with E-state index in [0.29, 0.717) is 32.6 Å². The summed E-state index contributed by atoms with van der Waals surface area (Å²) in [6.07, 6.45) is -3.51. The van der Waals surface area contributed by atoms with Crippen molar-refractivity contribution in [1.29, 1.82) is 0 Å². The van der Waals surface area contributed by atoms with E-state index in [-0.39, 0.29) is 42.1 Å². The van der Waals surface area contributed by atoms with Crippen LogP contribution >= 0.6 is 0 Å². The summed E-state index contributed by atoms with van der Waals surface area (Å²) in [7, 11) is 0. The molecule has 0 aromatic heterocycles. The molecule has 0 N–H and O–H groups in total. The monoisotopic (exact) mass is 398 g/mol. The number of likely N-dealkylation sites (tertiary alicyclic amines) is 2. The van der Waals surface area contributed by atoms with Gasteiger partial charge in [0.2, 0.25) is 0 Å². The number of hydrogen-bond donors (Lipinski definition) is 0. The van der Waals surface area contributed by atoms with E-state index in [2.05, 4.69) is 4.74 Å². The van der Waals surface area contributed by atoms with Crippen LogP contribution < -0.4 is 4.74 Å². The van der Waals surface area contributed by atoms with Crippen LogP contribution in [0.4, 0.5) is 18.0 Å². The zero-order chi connectivity index (χ0) is 19.9. The van der Waals surface area contributed by atoms with Crippen molar-refractivity contribution in [3.63, 3.8) is 0 Å². The van der Waals surface area contributed by atoms with Gasteiger partial charge in [-0.2, -0.15) is 0 Å². The molecule has 0 unspecified atom stereocenters. The molecule has 6 nitrogen and oxygen atoms in total. The van der Waals surface area contributed by atoms with Crippen molar-refractivity contribution >= 4 is 11.8 Å². The van der Waals surface area contributed by atoms with Crippen LogP contribution in [0.2, 0.25) is 0 Å². The predicted octanol–water partition coefficient (Wildman–Crippen LogP) is 2.78. The van der Waals surface area contributed by atoms with Crippen molar-refractivity contribution in [2.75, 3.05) is 32.8 Å². The highest BCUT2D eigenvalue weighted by atomic mass is 19.4. The van der Waals surface area contributed by atoms with E-state index in [1.165, 1.54) is 18.2 Å². The summed E-state index contributed by atoms with van der Waals surface area (Å²) in [6.45, 7) is 2.16. The molecule has 3 aliphatic heterocycles. The van der Waals surface area contributed by atoms with E-state index >= 15 is 0 Å². The fraction of sp³-hybridized carbons (Fsp3) is 0.579. The lowest BCUT2D eigenvalue weighted by molar-refractivity contribution is -0.274. The molecule has 28 heavy (non-hydrogen) atoms. The number of fused-ring (bicyclic) bond motifs is 1. The highest BCUT2D eigenvalue weighted by Crippen LogP contribution is 2.33. The molecule has 1 aromatic carbocycles. The minimum Gasteiger partial charge on any atom is -0.406 e. The molecule has 3 fully saturated rings. The minimum absolute atomic E-state index is 0.0159. The molecule has 3 saturated heterocycles. The normalized spacial score (nSPS) is 25.9. The van der Waals surface area contributed by atoms with Crippen molar-refractivity contribution in [2.24, 2.45) is 5.92 Å². The van der Waals surface area contributed by atoms with Gasteiger partial charge in [0.15, 0.2) is 5.78 Å². The molecule has 4 rings (SSSR count). The first-order chi connectivity index (χ1) is 13.3. The molecule has 0 bridgehead atoms. The summed E-state index contributed by atoms with van der Waals surface area (Å²) >= 11 is 0. The highest BCUT2D eigenvalue weighted by molar-refractivity contribution is 5.81. The van der Waals surface area contributed by atoms with E-state index in [0.717, 1.165) is 12.0 Å². The Kier molecular flexibility index (Phi) is 4.95. The van der Waals surface area contributed by atoms with Crippen LogP contribution in [0.5, 0.6) is 5.75 Å². The molecule has 9 heteroatoms. The van der Waals surface area contributed by atoms with Gasteiger partial charge in [0.05, 0.1) is 6.10 Å². The number of piperidine rings is 1. The molecule has 0 aliphatic carbocycles. The van der Waals surface area contributed by atoms with Crippen molar-refractivity contribution in [2.45, 2.75) is 31.2 Å². The van der Waals surface area contributed by atoms with E-state index in [1.54, 1.807) is 15.9 Å². The van der Waals surface area contributed by atoms with Gasteiger partial charge < -0.3 is 19.3 Å². The van der Waals surface area contributed by atoms with Crippen molar-refractivity contribution in [1.82, 2.24) is 9.80 Å². The van der Waals surface area contributed by atoms with Gasteiger partial charge in [0, 0.05) is 44.4 Å². The Bertz CT molecular complexity index is 764. The van der Waals surface area contributed by atoms with Crippen LogP contribution in [0.25, 0.3) is 0 Å². The molecule has 2 atom stereocenters. The molecule has 0 spiro atoms. The zero-order valence-corrected chi connectivity index (χ0v) is 15.2. The van der Waals surface area contributed by atoms with E-state index in [9.17, 15) is 22.8 Å². The molecule has 0 saturated carbocycles. The van der Waals surface area contributed by atoms with Gasteiger partial charge in [-0.3, -0.25) is 4.79 Å². The van der Waals surface area contributed by atoms with Crippen molar-refractivity contribution in [3.05, 3.63) is 29.8 Å². The Morgan fingerprint density at radius 3 is 2.71 bits per heavy atom. The second-order valence-electron chi connectivity index (χ2n) is 7.59. The maximum atomic E-state index is 12.7. The summed E-state index contributed by atoms with van der Waals surface area (Å²) < 4.78 is 46.6. The number of Topliss-reactive ketones (excluding diaryl/α,β-unsaturated/α-hetero) is 1. The molecular formula is C19H21F3N2O4. The topological polar surface area (TPSA) is 59.1 Å². The lowest BCUT2D eigenvalue weighted by atomic mass is 9.87. The third-order valence-electron chi connectivity index (χ3n) is 5.60. The van der Waals surface area contributed by atoms with Crippen LogP contribution in [0, 0.1) is 5.92 Å². The first-order valence-electron chi connectivity index (χ1n) is 9.31. The second-order valence-corrected chi connectivity index (χ2v) is 7.59. The molecular weight excluding hydrogens is 377 g/mol. The summed E-state index contributed by atoms with van der Waals surface area (Å²) in [5.74, 6) is -0.149. The smallest absolute Gasteiger partial charge is 0.406 e. The average molecular weight is 398 g/mol. The minimum atomic E-state index is -4.73. The fourth-order valence-electron chi connectivity index (χ4n) is 4.16. The summed E-state index contributed by atoms with van der Waals surface area (Å²) in [4.78, 5) is 27.8. The van der Waals surface area contributed by atoms with Gasteiger partial charge in [0.1, 0.15) is 12.4 Å². The summed E-state index contributed by atoms with van der Waals surface area (Å²) in [6, 6.07) is 5.81. The lowest BCUT2D eigenvalue weighted by Crippen LogP contribution is -2.58. The maximum Gasteiger partial charge on any atom is 0.573 e. The summed E-state index contributed by atoms with van der Waals surface area (Å²) in [5.41, 5.74) is 0.718. The molecule has 1 aromatic rings. The Morgan fingerprint density at radius 2 is 1.96 bits per heavy atom. The van der Waals surface area contributed by atoms with E-state index in [1.807, 2.05) is 0 Å². The number of nitrogens with zero attached hydrogens (tertiary/aromatic N) is 2. The number of urea groups is 1. The number of rotatable bonds is 2. The van der Waals surface area contributed by atoms with Crippen LogP contribution in [0.15, 0.2) is 24.3 Å². The zero-order valence-electron chi connectivity index (χ0n) is 15.2. The van der Waals surface area contributed by atoms with Gasteiger partial charge in [-0.05, 0) is 24.1 Å². The third-order valence-corrected chi connectivity index (χ3v) is 5.60. The first-order valence-corrected chi connectivity index (χ1v) is 9.31. The molecule has 152 valence electrons. The number of carbonyl (C=O) groups excluding carboxylic acids is 2. The first kappa shape index (κ1) is 19.0. The Labute approximate surface area is 160 Å². The average Bonchev–Trinajstić information content (AvgIpc) is 2.58. The Morgan fingerprint density at radius 1 is 1.18 bits per heavy atom. The molecule has 0 radical (unpaired) electrons. The molecule has 3 aliphatic rings. The number of hydrogen-bond acceptors (Lipinski definition) is 4. The van der Waals surface area contributed by atoms with Gasteiger partial charge in [0.25, 0.3) is 0 Å². The molecule has 2 amide bonds. The fourth-order valence-corrected chi connectivity index (χ4v) is 4.16. The quantitative estimate of drug-likeness (QED) is 0.769. The van der Waals surface area contributed by atoms with Crippen LogP contribution in [-0.2, 0) is 9.53 Å². The van der Waals surface area contributed by atoms with Gasteiger partial charge in [-0.1, -0.05) is 12.1 Å². The van der Waals surface area contributed by atoms with Crippen LogP contribution in [0.1, 0.15) is 24.3 Å².